The second kappa shape index (κ2) is 10.6. The first-order valence-corrected chi connectivity index (χ1v) is 9.93. The van der Waals surface area contributed by atoms with Crippen LogP contribution in [0.2, 0.25) is 0 Å². The molecule has 1 aromatic carbocycles. The summed E-state index contributed by atoms with van der Waals surface area (Å²) in [5.41, 5.74) is 2.72. The van der Waals surface area contributed by atoms with Crippen LogP contribution in [0, 0.1) is 0 Å². The first-order chi connectivity index (χ1) is 13.9. The molecule has 1 atom stereocenters. The summed E-state index contributed by atoms with van der Waals surface area (Å²) < 4.78 is 5.16. The number of amides is 3. The van der Waals surface area contributed by atoms with E-state index in [1.54, 1.807) is 18.9 Å². The monoisotopic (exact) mass is 402 g/mol. The van der Waals surface area contributed by atoms with Crippen molar-refractivity contribution < 1.29 is 19.1 Å². The zero-order valence-electron chi connectivity index (χ0n) is 17.5. The molecule has 158 valence electrons. The highest BCUT2D eigenvalue weighted by Crippen LogP contribution is 2.18. The minimum Gasteiger partial charge on any atom is -0.463 e. The number of likely N-dealkylation sites (N-methyl/N-ethyl adjacent to an activating group) is 1. The van der Waals surface area contributed by atoms with Crippen molar-refractivity contribution >= 4 is 23.6 Å². The number of carbonyl (C=O) groups is 3. The molecule has 1 heterocycles. The van der Waals surface area contributed by atoms with Crippen molar-refractivity contribution in [3.05, 3.63) is 41.1 Å². The number of hydrogen-bond acceptors (Lipinski definition) is 5. The standard InChI is InChI=1S/C21H30N4O4/c1-5-14-10-8-9-11-16(14)22-18(26)13-25(4)12-17-19(20(27)29-7-3)15(6-2)23-21(28)24-17/h8-11,15H,5-7,12-13H2,1-4H3,(H,22,26)(H2,23,24,28)/t15-/m1/s1. The van der Waals surface area contributed by atoms with E-state index in [9.17, 15) is 14.4 Å². The predicted octanol–water partition coefficient (Wildman–Crippen LogP) is 2.03. The minimum absolute atomic E-state index is 0.109. The second-order valence-electron chi connectivity index (χ2n) is 6.90. The first-order valence-electron chi connectivity index (χ1n) is 9.93. The smallest absolute Gasteiger partial charge is 0.337 e. The van der Waals surface area contributed by atoms with Crippen LogP contribution in [-0.2, 0) is 20.7 Å². The van der Waals surface area contributed by atoms with Gasteiger partial charge in [0.15, 0.2) is 0 Å². The molecule has 0 saturated heterocycles. The molecule has 1 aliphatic rings. The zero-order chi connectivity index (χ0) is 21.4. The molecular weight excluding hydrogens is 372 g/mol. The third-order valence-corrected chi connectivity index (χ3v) is 4.66. The number of rotatable bonds is 9. The van der Waals surface area contributed by atoms with E-state index < -0.39 is 12.0 Å². The van der Waals surface area contributed by atoms with Gasteiger partial charge in [0, 0.05) is 17.9 Å². The molecule has 0 radical (unpaired) electrons. The Morgan fingerprint density at radius 2 is 1.93 bits per heavy atom. The molecule has 8 nitrogen and oxygen atoms in total. The van der Waals surface area contributed by atoms with Gasteiger partial charge in [-0.2, -0.15) is 0 Å². The van der Waals surface area contributed by atoms with Gasteiger partial charge in [-0.25, -0.2) is 9.59 Å². The first kappa shape index (κ1) is 22.4. The van der Waals surface area contributed by atoms with E-state index >= 15 is 0 Å². The summed E-state index contributed by atoms with van der Waals surface area (Å²) in [7, 11) is 1.76. The van der Waals surface area contributed by atoms with Crippen molar-refractivity contribution in [1.82, 2.24) is 15.5 Å². The number of esters is 1. The van der Waals surface area contributed by atoms with Gasteiger partial charge in [0.2, 0.25) is 5.91 Å². The maximum Gasteiger partial charge on any atom is 0.337 e. The molecule has 0 aromatic heterocycles. The average Bonchev–Trinajstić information content (AvgIpc) is 2.67. The molecule has 8 heteroatoms. The number of nitrogens with one attached hydrogen (secondary N) is 3. The SMILES string of the molecule is CCOC(=O)C1=C(CN(C)CC(=O)Nc2ccccc2CC)NC(=O)N[C@@H]1CC. The van der Waals surface area contributed by atoms with E-state index in [1.807, 2.05) is 38.1 Å². The van der Waals surface area contributed by atoms with Gasteiger partial charge < -0.3 is 20.7 Å². The number of hydrogen-bond donors (Lipinski definition) is 3. The molecule has 0 fully saturated rings. The zero-order valence-corrected chi connectivity index (χ0v) is 17.5. The van der Waals surface area contributed by atoms with Gasteiger partial charge in [-0.05, 0) is 38.4 Å². The van der Waals surface area contributed by atoms with Crippen molar-refractivity contribution in [2.45, 2.75) is 39.7 Å². The highest BCUT2D eigenvalue weighted by molar-refractivity contribution is 5.95. The quantitative estimate of drug-likeness (QED) is 0.549. The minimum atomic E-state index is -0.462. The Hall–Kier alpha value is -2.87. The summed E-state index contributed by atoms with van der Waals surface area (Å²) in [5.74, 6) is -0.629. The molecule has 2 rings (SSSR count). The van der Waals surface area contributed by atoms with Gasteiger partial charge in [-0.1, -0.05) is 32.0 Å². The molecule has 1 aliphatic heterocycles. The molecule has 0 spiro atoms. The number of carbonyl (C=O) groups excluding carboxylic acids is 3. The van der Waals surface area contributed by atoms with Crippen LogP contribution in [0.15, 0.2) is 35.5 Å². The number of anilines is 1. The molecule has 0 bridgehead atoms. The largest absolute Gasteiger partial charge is 0.463 e. The fourth-order valence-electron chi connectivity index (χ4n) is 3.30. The lowest BCUT2D eigenvalue weighted by Gasteiger charge is -2.30. The molecule has 0 saturated carbocycles. The third kappa shape index (κ3) is 6.05. The van der Waals surface area contributed by atoms with Crippen molar-refractivity contribution in [2.24, 2.45) is 0 Å². The lowest BCUT2D eigenvalue weighted by atomic mass is 10.00. The van der Waals surface area contributed by atoms with E-state index in [-0.39, 0.29) is 31.6 Å². The average molecular weight is 402 g/mol. The van der Waals surface area contributed by atoms with E-state index in [0.717, 1.165) is 17.7 Å². The molecule has 0 aliphatic carbocycles. The molecule has 0 unspecified atom stereocenters. The van der Waals surface area contributed by atoms with Gasteiger partial charge in [0.25, 0.3) is 0 Å². The van der Waals surface area contributed by atoms with Crippen LogP contribution in [0.3, 0.4) is 0 Å². The van der Waals surface area contributed by atoms with Gasteiger partial charge in [0.05, 0.1) is 24.8 Å². The van der Waals surface area contributed by atoms with Crippen LogP contribution in [0.5, 0.6) is 0 Å². The summed E-state index contributed by atoms with van der Waals surface area (Å²) in [6.07, 6.45) is 1.38. The number of para-hydroxylation sites is 1. The van der Waals surface area contributed by atoms with E-state index in [4.69, 9.17) is 4.74 Å². The van der Waals surface area contributed by atoms with Crippen LogP contribution in [0.4, 0.5) is 10.5 Å². The molecular formula is C21H30N4O4. The van der Waals surface area contributed by atoms with Crippen molar-refractivity contribution in [3.8, 4) is 0 Å². The number of benzene rings is 1. The maximum atomic E-state index is 12.5. The van der Waals surface area contributed by atoms with E-state index in [1.165, 1.54) is 0 Å². The highest BCUT2D eigenvalue weighted by atomic mass is 16.5. The molecule has 3 N–H and O–H groups in total. The number of nitrogens with zero attached hydrogens (tertiary/aromatic N) is 1. The van der Waals surface area contributed by atoms with Crippen molar-refractivity contribution in [3.63, 3.8) is 0 Å². The fraction of sp³-hybridized carbons (Fsp3) is 0.476. The van der Waals surface area contributed by atoms with Gasteiger partial charge in [-0.15, -0.1) is 0 Å². The molecule has 3 amide bonds. The number of aryl methyl sites for hydroxylation is 1. The molecule has 1 aromatic rings. The van der Waals surface area contributed by atoms with Crippen LogP contribution in [-0.4, -0.2) is 55.6 Å². The highest BCUT2D eigenvalue weighted by Gasteiger charge is 2.31. The van der Waals surface area contributed by atoms with Crippen LogP contribution < -0.4 is 16.0 Å². The summed E-state index contributed by atoms with van der Waals surface area (Å²) in [6, 6.07) is 6.88. The fourth-order valence-corrected chi connectivity index (χ4v) is 3.30. The summed E-state index contributed by atoms with van der Waals surface area (Å²) in [5, 5.41) is 8.36. The predicted molar refractivity (Wildman–Crippen MR) is 111 cm³/mol. The van der Waals surface area contributed by atoms with Crippen LogP contribution >= 0.6 is 0 Å². The van der Waals surface area contributed by atoms with Gasteiger partial charge in [0.1, 0.15) is 0 Å². The summed E-state index contributed by atoms with van der Waals surface area (Å²) >= 11 is 0. The number of ether oxygens (including phenoxy) is 1. The Morgan fingerprint density at radius 1 is 1.21 bits per heavy atom. The van der Waals surface area contributed by atoms with Crippen LogP contribution in [0.25, 0.3) is 0 Å². The molecule has 29 heavy (non-hydrogen) atoms. The topological polar surface area (TPSA) is 99.8 Å². The lowest BCUT2D eigenvalue weighted by molar-refractivity contribution is -0.139. The normalized spacial score (nSPS) is 16.3. The Morgan fingerprint density at radius 3 is 2.59 bits per heavy atom. The summed E-state index contributed by atoms with van der Waals surface area (Å²) in [6.45, 7) is 6.24. The Labute approximate surface area is 171 Å². The van der Waals surface area contributed by atoms with Gasteiger partial charge in [-0.3, -0.25) is 9.69 Å². The van der Waals surface area contributed by atoms with Crippen LogP contribution in [0.1, 0.15) is 32.8 Å². The van der Waals surface area contributed by atoms with Crippen molar-refractivity contribution in [1.29, 1.82) is 0 Å². The lowest BCUT2D eigenvalue weighted by Crippen LogP contribution is -2.52. The van der Waals surface area contributed by atoms with Crippen molar-refractivity contribution in [2.75, 3.05) is 32.1 Å². The Balaban J connectivity index is 2.11. The third-order valence-electron chi connectivity index (χ3n) is 4.66. The Kier molecular flexibility index (Phi) is 8.21. The second-order valence-corrected chi connectivity index (χ2v) is 6.90. The van der Waals surface area contributed by atoms with E-state index in [2.05, 4.69) is 16.0 Å². The number of urea groups is 1. The van der Waals surface area contributed by atoms with Gasteiger partial charge >= 0.3 is 12.0 Å². The Bertz CT molecular complexity index is 791. The van der Waals surface area contributed by atoms with E-state index in [0.29, 0.717) is 17.7 Å². The maximum absolute atomic E-state index is 12.5. The summed E-state index contributed by atoms with van der Waals surface area (Å²) in [4.78, 5) is 38.6.